The van der Waals surface area contributed by atoms with Crippen molar-refractivity contribution in [2.24, 2.45) is 0 Å². The van der Waals surface area contributed by atoms with Gasteiger partial charge in [-0.3, -0.25) is 19.8 Å². The second-order valence-corrected chi connectivity index (χ2v) is 7.56. The van der Waals surface area contributed by atoms with E-state index in [1.54, 1.807) is 11.0 Å². The van der Waals surface area contributed by atoms with Crippen LogP contribution in [0.3, 0.4) is 0 Å². The Morgan fingerprint density at radius 3 is 2.32 bits per heavy atom. The Morgan fingerprint density at radius 2 is 1.65 bits per heavy atom. The lowest BCUT2D eigenvalue weighted by molar-refractivity contribution is -0.120. The van der Waals surface area contributed by atoms with Gasteiger partial charge in [0.1, 0.15) is 5.69 Å². The second kappa shape index (κ2) is 10.5. The van der Waals surface area contributed by atoms with E-state index in [1.807, 2.05) is 69.3 Å². The zero-order valence-corrected chi connectivity index (χ0v) is 18.1. The highest BCUT2D eigenvalue weighted by Gasteiger charge is 2.16. The molecule has 0 radical (unpaired) electrons. The van der Waals surface area contributed by atoms with Gasteiger partial charge in [-0.05, 0) is 38.4 Å². The maximum absolute atomic E-state index is 12.5. The molecule has 0 fully saturated rings. The molecule has 162 valence electrons. The number of aryl methyl sites for hydroxylation is 2. The minimum Gasteiger partial charge on any atom is -0.338 e. The minimum atomic E-state index is -0.260. The molecule has 0 aliphatic heterocycles. The summed E-state index contributed by atoms with van der Waals surface area (Å²) >= 11 is 0. The normalized spacial score (nSPS) is 10.8. The van der Waals surface area contributed by atoms with Gasteiger partial charge in [-0.15, -0.1) is 0 Å². The highest BCUT2D eigenvalue weighted by atomic mass is 16.5. The first-order valence-corrected chi connectivity index (χ1v) is 10.4. The number of rotatable bonds is 9. The van der Waals surface area contributed by atoms with Gasteiger partial charge in [-0.1, -0.05) is 60.1 Å². The van der Waals surface area contributed by atoms with E-state index in [2.05, 4.69) is 15.8 Å². The number of para-hydroxylation sites is 1. The molecular weight excluding hydrogens is 392 g/mol. The van der Waals surface area contributed by atoms with E-state index >= 15 is 0 Å². The average molecular weight is 421 g/mol. The maximum Gasteiger partial charge on any atom is 0.240 e. The van der Waals surface area contributed by atoms with E-state index in [1.165, 1.54) is 0 Å². The van der Waals surface area contributed by atoms with Gasteiger partial charge >= 0.3 is 0 Å². The molecule has 31 heavy (non-hydrogen) atoms. The molecule has 0 bridgehead atoms. The monoisotopic (exact) mass is 420 g/mol. The molecule has 7 heteroatoms. The molecule has 2 aromatic carbocycles. The zero-order chi connectivity index (χ0) is 22.2. The Bertz CT molecular complexity index is 1030. The van der Waals surface area contributed by atoms with Crippen molar-refractivity contribution in [3.05, 3.63) is 65.7 Å². The largest absolute Gasteiger partial charge is 0.338 e. The number of carbonyl (C=O) groups is 2. The molecule has 0 aliphatic carbocycles. The fraction of sp³-hybridized carbons (Fsp3) is 0.292. The highest BCUT2D eigenvalue weighted by Crippen LogP contribution is 2.22. The summed E-state index contributed by atoms with van der Waals surface area (Å²) in [5, 5.41) is 9.65. The average Bonchev–Trinajstić information content (AvgIpc) is 3.18. The molecule has 0 saturated carbocycles. The molecule has 7 nitrogen and oxygen atoms in total. The lowest BCUT2D eigenvalue weighted by Gasteiger charge is -2.20. The van der Waals surface area contributed by atoms with Crippen LogP contribution in [0.25, 0.3) is 11.3 Å². The number of benzene rings is 2. The quantitative estimate of drug-likeness (QED) is 0.540. The lowest BCUT2D eigenvalue weighted by atomic mass is 10.1. The molecule has 2 N–H and O–H groups in total. The third-order valence-electron chi connectivity index (χ3n) is 4.81. The van der Waals surface area contributed by atoms with Crippen molar-refractivity contribution in [3.63, 3.8) is 0 Å². The van der Waals surface area contributed by atoms with E-state index in [9.17, 15) is 9.59 Å². The van der Waals surface area contributed by atoms with E-state index in [0.717, 1.165) is 28.8 Å². The molecular formula is C24H28N4O3. The number of nitrogens with one attached hydrogen (secondary N) is 2. The topological polar surface area (TPSA) is 87.5 Å². The molecule has 0 unspecified atom stereocenters. The molecule has 3 aromatic rings. The lowest BCUT2D eigenvalue weighted by Crippen LogP contribution is -2.39. The molecule has 1 aromatic heterocycles. The van der Waals surface area contributed by atoms with Gasteiger partial charge < -0.3 is 9.84 Å². The molecule has 1 heterocycles. The molecule has 3 rings (SSSR count). The van der Waals surface area contributed by atoms with Crippen LogP contribution in [0.4, 0.5) is 11.6 Å². The number of anilines is 2. The van der Waals surface area contributed by atoms with Gasteiger partial charge in [-0.25, -0.2) is 0 Å². The first kappa shape index (κ1) is 22.2. The van der Waals surface area contributed by atoms with E-state index in [0.29, 0.717) is 12.2 Å². The summed E-state index contributed by atoms with van der Waals surface area (Å²) in [5.74, 6) is -0.137. The molecule has 0 aliphatic rings. The summed E-state index contributed by atoms with van der Waals surface area (Å²) in [6.45, 7) is 6.79. The standard InChI is InChI=1S/C24H28N4O3/c1-4-13-28(15-22(29)25-20-8-6-5-7-18(20)3)16-23(30)26-24-14-21(27-31-24)19-11-9-17(2)10-12-19/h5-12,14H,4,13,15-16H2,1-3H3,(H,25,29)(H,26,30). The highest BCUT2D eigenvalue weighted by molar-refractivity contribution is 5.94. The van der Waals surface area contributed by atoms with Crippen molar-refractivity contribution in [1.29, 1.82) is 0 Å². The van der Waals surface area contributed by atoms with Gasteiger partial charge in [0.05, 0.1) is 13.1 Å². The predicted octanol–water partition coefficient (Wildman–Crippen LogP) is 4.25. The smallest absolute Gasteiger partial charge is 0.240 e. The number of hydrogen-bond donors (Lipinski definition) is 2. The minimum absolute atomic E-state index is 0.0790. The fourth-order valence-electron chi connectivity index (χ4n) is 3.21. The Morgan fingerprint density at radius 1 is 0.968 bits per heavy atom. The Kier molecular flexibility index (Phi) is 7.56. The zero-order valence-electron chi connectivity index (χ0n) is 18.1. The third kappa shape index (κ3) is 6.52. The molecule has 2 amide bonds. The van der Waals surface area contributed by atoms with Crippen LogP contribution in [0.1, 0.15) is 24.5 Å². The Hall–Kier alpha value is -3.45. The summed E-state index contributed by atoms with van der Waals surface area (Å²) < 4.78 is 5.26. The van der Waals surface area contributed by atoms with E-state index in [-0.39, 0.29) is 30.8 Å². The predicted molar refractivity (Wildman–Crippen MR) is 122 cm³/mol. The van der Waals surface area contributed by atoms with Crippen LogP contribution >= 0.6 is 0 Å². The van der Waals surface area contributed by atoms with Gasteiger partial charge in [0.15, 0.2) is 0 Å². The van der Waals surface area contributed by atoms with Gasteiger partial charge in [-0.2, -0.15) is 0 Å². The molecule has 0 atom stereocenters. The number of carbonyl (C=O) groups excluding carboxylic acids is 2. The Balaban J connectivity index is 1.56. The van der Waals surface area contributed by atoms with Crippen molar-refractivity contribution in [3.8, 4) is 11.3 Å². The number of nitrogens with zero attached hydrogens (tertiary/aromatic N) is 2. The maximum atomic E-state index is 12.5. The summed E-state index contributed by atoms with van der Waals surface area (Å²) in [4.78, 5) is 26.8. The number of hydrogen-bond acceptors (Lipinski definition) is 5. The van der Waals surface area contributed by atoms with Crippen LogP contribution in [0.15, 0.2) is 59.1 Å². The summed E-state index contributed by atoms with van der Waals surface area (Å²) in [7, 11) is 0. The van der Waals surface area contributed by atoms with Crippen LogP contribution in [0.5, 0.6) is 0 Å². The first-order chi connectivity index (χ1) is 14.9. The summed E-state index contributed by atoms with van der Waals surface area (Å²) in [6, 6.07) is 17.2. The van der Waals surface area contributed by atoms with Crippen LogP contribution in [0.2, 0.25) is 0 Å². The number of aromatic nitrogens is 1. The SMILES string of the molecule is CCCN(CC(=O)Nc1cc(-c2ccc(C)cc2)no1)CC(=O)Nc1ccccc1C. The second-order valence-electron chi connectivity index (χ2n) is 7.56. The van der Waals surface area contributed by atoms with Crippen molar-refractivity contribution in [1.82, 2.24) is 10.1 Å². The van der Waals surface area contributed by atoms with Gasteiger partial charge in [0.2, 0.25) is 17.7 Å². The molecule has 0 saturated heterocycles. The Labute approximate surface area is 182 Å². The fourth-order valence-corrected chi connectivity index (χ4v) is 3.21. The van der Waals surface area contributed by atoms with E-state index < -0.39 is 0 Å². The van der Waals surface area contributed by atoms with Crippen molar-refractivity contribution >= 4 is 23.4 Å². The van der Waals surface area contributed by atoms with Crippen molar-refractivity contribution in [2.75, 3.05) is 30.3 Å². The van der Waals surface area contributed by atoms with E-state index in [4.69, 9.17) is 4.52 Å². The van der Waals surface area contributed by atoms with Gasteiger partial charge in [0, 0.05) is 17.3 Å². The van der Waals surface area contributed by atoms with Crippen LogP contribution in [0, 0.1) is 13.8 Å². The van der Waals surface area contributed by atoms with Crippen LogP contribution in [-0.2, 0) is 9.59 Å². The van der Waals surface area contributed by atoms with Crippen molar-refractivity contribution in [2.45, 2.75) is 27.2 Å². The summed E-state index contributed by atoms with van der Waals surface area (Å²) in [6.07, 6.45) is 0.824. The third-order valence-corrected chi connectivity index (χ3v) is 4.81. The van der Waals surface area contributed by atoms with Crippen molar-refractivity contribution < 1.29 is 14.1 Å². The van der Waals surface area contributed by atoms with Crippen LogP contribution in [-0.4, -0.2) is 41.5 Å². The summed E-state index contributed by atoms with van der Waals surface area (Å²) in [5.41, 5.74) is 4.49. The molecule has 0 spiro atoms. The first-order valence-electron chi connectivity index (χ1n) is 10.4. The van der Waals surface area contributed by atoms with Gasteiger partial charge in [0.25, 0.3) is 0 Å². The number of amides is 2. The van der Waals surface area contributed by atoms with Crippen LogP contribution < -0.4 is 10.6 Å².